The number of nitrogens with zero attached hydrogens (tertiary/aromatic N) is 1. The third-order valence-corrected chi connectivity index (χ3v) is 4.79. The van der Waals surface area contributed by atoms with Gasteiger partial charge in [0.15, 0.2) is 0 Å². The molecule has 0 spiro atoms. The Hall–Kier alpha value is -0.900. The first-order chi connectivity index (χ1) is 8.03. The second kappa shape index (κ2) is 3.55. The van der Waals surface area contributed by atoms with Gasteiger partial charge in [-0.2, -0.15) is 0 Å². The number of fused-ring (bicyclic) bond motifs is 1. The van der Waals surface area contributed by atoms with Crippen LogP contribution < -0.4 is 5.32 Å². The Balaban J connectivity index is 1.66. The zero-order valence-electron chi connectivity index (χ0n) is 10.5. The normalized spacial score (nSPS) is 36.2. The number of amides is 2. The van der Waals surface area contributed by atoms with Crippen molar-refractivity contribution in [3.8, 4) is 0 Å². The molecule has 3 fully saturated rings. The van der Waals surface area contributed by atoms with Crippen molar-refractivity contribution in [1.82, 2.24) is 10.2 Å². The molecule has 4 nitrogen and oxygen atoms in total. The summed E-state index contributed by atoms with van der Waals surface area (Å²) in [6.45, 7) is 6.74. The summed E-state index contributed by atoms with van der Waals surface area (Å²) >= 11 is 0. The van der Waals surface area contributed by atoms with E-state index < -0.39 is 0 Å². The number of piperidine rings is 2. The molecule has 3 aliphatic rings. The van der Waals surface area contributed by atoms with Crippen LogP contribution in [0.1, 0.15) is 26.7 Å². The summed E-state index contributed by atoms with van der Waals surface area (Å²) < 4.78 is 0. The van der Waals surface area contributed by atoms with Crippen molar-refractivity contribution < 1.29 is 9.59 Å². The molecule has 1 aliphatic carbocycles. The predicted molar refractivity (Wildman–Crippen MR) is 63.1 cm³/mol. The van der Waals surface area contributed by atoms with Crippen LogP contribution in [0.15, 0.2) is 0 Å². The van der Waals surface area contributed by atoms with E-state index in [1.165, 1.54) is 4.90 Å². The molecule has 0 radical (unpaired) electrons. The van der Waals surface area contributed by atoms with Crippen molar-refractivity contribution in [1.29, 1.82) is 0 Å². The summed E-state index contributed by atoms with van der Waals surface area (Å²) in [6.07, 6.45) is 2.16. The van der Waals surface area contributed by atoms with Crippen molar-refractivity contribution in [3.05, 3.63) is 0 Å². The predicted octanol–water partition coefficient (Wildman–Crippen LogP) is 0.627. The van der Waals surface area contributed by atoms with Crippen LogP contribution in [0, 0.1) is 23.2 Å². The molecule has 17 heavy (non-hydrogen) atoms. The van der Waals surface area contributed by atoms with E-state index in [0.29, 0.717) is 12.5 Å². The highest BCUT2D eigenvalue weighted by Gasteiger charge is 2.72. The summed E-state index contributed by atoms with van der Waals surface area (Å²) in [4.78, 5) is 25.8. The van der Waals surface area contributed by atoms with Crippen LogP contribution >= 0.6 is 0 Å². The van der Waals surface area contributed by atoms with Gasteiger partial charge < -0.3 is 5.32 Å². The highest BCUT2D eigenvalue weighted by atomic mass is 16.2. The fourth-order valence-corrected chi connectivity index (χ4v) is 3.51. The minimum Gasteiger partial charge on any atom is -0.317 e. The van der Waals surface area contributed by atoms with Crippen LogP contribution in [0.3, 0.4) is 0 Å². The topological polar surface area (TPSA) is 49.4 Å². The molecule has 94 valence electrons. The summed E-state index contributed by atoms with van der Waals surface area (Å²) in [5.74, 6) is 0.644. The zero-order valence-corrected chi connectivity index (χ0v) is 10.5. The van der Waals surface area contributed by atoms with E-state index in [-0.39, 0.29) is 29.1 Å². The number of imide groups is 1. The van der Waals surface area contributed by atoms with E-state index in [4.69, 9.17) is 0 Å². The van der Waals surface area contributed by atoms with Gasteiger partial charge in [-0.05, 0) is 37.3 Å². The second-order valence-electron chi connectivity index (χ2n) is 6.26. The number of rotatable bonds is 2. The first-order valence-corrected chi connectivity index (χ1v) is 6.59. The van der Waals surface area contributed by atoms with E-state index in [0.717, 1.165) is 25.9 Å². The molecule has 2 saturated heterocycles. The molecule has 2 unspecified atom stereocenters. The van der Waals surface area contributed by atoms with E-state index >= 15 is 0 Å². The van der Waals surface area contributed by atoms with Gasteiger partial charge >= 0.3 is 0 Å². The summed E-state index contributed by atoms with van der Waals surface area (Å²) in [5, 5.41) is 3.30. The Morgan fingerprint density at radius 3 is 2.24 bits per heavy atom. The van der Waals surface area contributed by atoms with Crippen LogP contribution in [0.25, 0.3) is 0 Å². The van der Waals surface area contributed by atoms with Crippen LogP contribution in [-0.4, -0.2) is 36.3 Å². The number of hydrogen-bond acceptors (Lipinski definition) is 3. The Labute approximate surface area is 102 Å². The molecule has 0 bridgehead atoms. The minimum absolute atomic E-state index is 0.0169. The fourth-order valence-electron chi connectivity index (χ4n) is 3.51. The third-order valence-electron chi connectivity index (χ3n) is 4.79. The van der Waals surface area contributed by atoms with Gasteiger partial charge in [0.05, 0.1) is 11.8 Å². The Bertz CT molecular complexity index is 348. The third kappa shape index (κ3) is 1.53. The highest BCUT2D eigenvalue weighted by Crippen LogP contribution is 2.63. The van der Waals surface area contributed by atoms with Gasteiger partial charge in [-0.15, -0.1) is 0 Å². The Kier molecular flexibility index (Phi) is 2.34. The van der Waals surface area contributed by atoms with Crippen molar-refractivity contribution in [2.45, 2.75) is 26.7 Å². The molecule has 0 aromatic heterocycles. The SMILES string of the molecule is CC1(C)C2C(=O)N(CC3CCNCC3)C(=O)C21. The van der Waals surface area contributed by atoms with Crippen LogP contribution in [0.4, 0.5) is 0 Å². The number of likely N-dealkylation sites (tertiary alicyclic amines) is 1. The summed E-state index contributed by atoms with van der Waals surface area (Å²) in [6, 6.07) is 0. The maximum Gasteiger partial charge on any atom is 0.233 e. The van der Waals surface area contributed by atoms with Crippen molar-refractivity contribution in [2.75, 3.05) is 19.6 Å². The molecule has 2 amide bonds. The lowest BCUT2D eigenvalue weighted by Crippen LogP contribution is -2.42. The summed E-state index contributed by atoms with van der Waals surface area (Å²) in [7, 11) is 0. The van der Waals surface area contributed by atoms with Gasteiger partial charge in [0.25, 0.3) is 0 Å². The molecule has 0 aromatic rings. The van der Waals surface area contributed by atoms with Crippen molar-refractivity contribution >= 4 is 11.8 Å². The van der Waals surface area contributed by atoms with Crippen molar-refractivity contribution in [2.24, 2.45) is 23.2 Å². The van der Waals surface area contributed by atoms with Crippen molar-refractivity contribution in [3.63, 3.8) is 0 Å². The van der Waals surface area contributed by atoms with E-state index in [1.54, 1.807) is 0 Å². The average molecular weight is 236 g/mol. The molecule has 3 rings (SSSR count). The number of carbonyl (C=O) groups excluding carboxylic acids is 2. The molecule has 4 heteroatoms. The lowest BCUT2D eigenvalue weighted by molar-refractivity contribution is -0.143. The molecule has 2 aliphatic heterocycles. The first kappa shape index (κ1) is 11.2. The van der Waals surface area contributed by atoms with E-state index in [2.05, 4.69) is 5.32 Å². The van der Waals surface area contributed by atoms with Gasteiger partial charge in [-0.1, -0.05) is 13.8 Å². The largest absolute Gasteiger partial charge is 0.317 e. The highest BCUT2D eigenvalue weighted by molar-refractivity contribution is 6.10. The average Bonchev–Trinajstić information content (AvgIpc) is 2.78. The van der Waals surface area contributed by atoms with E-state index in [9.17, 15) is 9.59 Å². The van der Waals surface area contributed by atoms with Crippen LogP contribution in [-0.2, 0) is 9.59 Å². The maximum atomic E-state index is 12.1. The quantitative estimate of drug-likeness (QED) is 0.715. The van der Waals surface area contributed by atoms with Gasteiger partial charge in [-0.3, -0.25) is 14.5 Å². The molecule has 0 aromatic carbocycles. The zero-order chi connectivity index (χ0) is 12.2. The van der Waals surface area contributed by atoms with E-state index in [1.807, 2.05) is 13.8 Å². The molecular weight excluding hydrogens is 216 g/mol. The smallest absolute Gasteiger partial charge is 0.233 e. The lowest BCUT2D eigenvalue weighted by Gasteiger charge is -2.28. The molecule has 2 heterocycles. The first-order valence-electron chi connectivity index (χ1n) is 6.59. The number of nitrogens with one attached hydrogen (secondary N) is 1. The molecule has 1 saturated carbocycles. The van der Waals surface area contributed by atoms with Crippen LogP contribution in [0.5, 0.6) is 0 Å². The van der Waals surface area contributed by atoms with Gasteiger partial charge in [-0.25, -0.2) is 0 Å². The number of hydrogen-bond donors (Lipinski definition) is 1. The molecule has 2 atom stereocenters. The van der Waals surface area contributed by atoms with Gasteiger partial charge in [0.2, 0.25) is 11.8 Å². The lowest BCUT2D eigenvalue weighted by atomic mass is 9.96. The molecular formula is C13H20N2O2. The van der Waals surface area contributed by atoms with Gasteiger partial charge in [0.1, 0.15) is 0 Å². The van der Waals surface area contributed by atoms with Crippen LogP contribution in [0.2, 0.25) is 0 Å². The Morgan fingerprint density at radius 2 is 1.71 bits per heavy atom. The maximum absolute atomic E-state index is 12.1. The monoisotopic (exact) mass is 236 g/mol. The number of carbonyl (C=O) groups is 2. The summed E-state index contributed by atoms with van der Waals surface area (Å²) in [5.41, 5.74) is -0.0706. The Morgan fingerprint density at radius 1 is 1.18 bits per heavy atom. The standard InChI is InChI=1S/C13H20N2O2/c1-13(2)9-10(13)12(17)15(11(9)16)7-8-3-5-14-6-4-8/h8-10,14H,3-7H2,1-2H3. The second-order valence-corrected chi connectivity index (χ2v) is 6.26. The fraction of sp³-hybridized carbons (Fsp3) is 0.846. The molecule has 1 N–H and O–H groups in total. The van der Waals surface area contributed by atoms with Gasteiger partial charge in [0, 0.05) is 6.54 Å². The minimum atomic E-state index is -0.0706.